The highest BCUT2D eigenvalue weighted by Gasteiger charge is 2.25. The normalized spacial score (nSPS) is 26.5. The van der Waals surface area contributed by atoms with Gasteiger partial charge in [-0.05, 0) is 65.1 Å². The van der Waals surface area contributed by atoms with Crippen LogP contribution in [-0.4, -0.2) is 60.5 Å². The molecular formula is C16H31N3O. The number of nitrogens with one attached hydrogen (secondary N) is 1. The fourth-order valence-corrected chi connectivity index (χ4v) is 3.50. The van der Waals surface area contributed by atoms with Crippen LogP contribution in [0.25, 0.3) is 0 Å². The van der Waals surface area contributed by atoms with E-state index in [4.69, 9.17) is 0 Å². The second kappa shape index (κ2) is 7.99. The zero-order chi connectivity index (χ0) is 14.4. The quantitative estimate of drug-likeness (QED) is 0.835. The Morgan fingerprint density at radius 1 is 1.15 bits per heavy atom. The molecule has 0 saturated carbocycles. The molecule has 1 amide bonds. The molecule has 0 aromatic rings. The summed E-state index contributed by atoms with van der Waals surface area (Å²) in [5.41, 5.74) is 0. The Kier molecular flexibility index (Phi) is 6.30. The third-order valence-corrected chi connectivity index (χ3v) is 4.63. The monoisotopic (exact) mass is 281 g/mol. The maximum atomic E-state index is 12.3. The van der Waals surface area contributed by atoms with Gasteiger partial charge in [0.15, 0.2) is 0 Å². The van der Waals surface area contributed by atoms with Gasteiger partial charge in [0, 0.05) is 19.1 Å². The molecule has 4 heteroatoms. The molecule has 0 aromatic carbocycles. The summed E-state index contributed by atoms with van der Waals surface area (Å²) >= 11 is 0. The van der Waals surface area contributed by atoms with Crippen molar-refractivity contribution in [2.24, 2.45) is 0 Å². The van der Waals surface area contributed by atoms with Crippen LogP contribution in [0.5, 0.6) is 0 Å². The van der Waals surface area contributed by atoms with Crippen LogP contribution in [0.15, 0.2) is 0 Å². The van der Waals surface area contributed by atoms with Gasteiger partial charge in [0.25, 0.3) is 0 Å². The van der Waals surface area contributed by atoms with Crippen molar-refractivity contribution in [2.75, 3.05) is 32.7 Å². The van der Waals surface area contributed by atoms with E-state index < -0.39 is 0 Å². The molecule has 0 radical (unpaired) electrons. The first-order chi connectivity index (χ1) is 9.70. The summed E-state index contributed by atoms with van der Waals surface area (Å²) in [6.45, 7) is 9.82. The summed E-state index contributed by atoms with van der Waals surface area (Å²) in [6, 6.07) is 0.495. The molecule has 0 aromatic heterocycles. The highest BCUT2D eigenvalue weighted by Crippen LogP contribution is 2.14. The van der Waals surface area contributed by atoms with Crippen LogP contribution in [0, 0.1) is 0 Å². The first kappa shape index (κ1) is 15.8. The predicted octanol–water partition coefficient (Wildman–Crippen LogP) is 1.85. The number of carbonyl (C=O) groups excluding carboxylic acids is 1. The molecule has 4 nitrogen and oxygen atoms in total. The van der Waals surface area contributed by atoms with Gasteiger partial charge in [-0.25, -0.2) is 0 Å². The Morgan fingerprint density at radius 2 is 1.90 bits per heavy atom. The number of likely N-dealkylation sites (tertiary alicyclic amines) is 2. The summed E-state index contributed by atoms with van der Waals surface area (Å²) in [5.74, 6) is 0.303. The third-order valence-electron chi connectivity index (χ3n) is 4.63. The van der Waals surface area contributed by atoms with E-state index in [9.17, 15) is 4.79 Å². The van der Waals surface area contributed by atoms with E-state index in [1.165, 1.54) is 58.2 Å². The largest absolute Gasteiger partial charge is 0.341 e. The van der Waals surface area contributed by atoms with Crippen LogP contribution in [0.4, 0.5) is 0 Å². The summed E-state index contributed by atoms with van der Waals surface area (Å²) in [7, 11) is 0. The Hall–Kier alpha value is -0.610. The van der Waals surface area contributed by atoms with E-state index in [2.05, 4.69) is 17.1 Å². The van der Waals surface area contributed by atoms with E-state index >= 15 is 0 Å². The number of rotatable bonds is 5. The van der Waals surface area contributed by atoms with Crippen LogP contribution in [-0.2, 0) is 4.79 Å². The molecule has 2 aliphatic rings. The molecule has 116 valence electrons. The summed E-state index contributed by atoms with van der Waals surface area (Å²) in [4.78, 5) is 16.9. The number of hydrogen-bond acceptors (Lipinski definition) is 3. The Labute approximate surface area is 123 Å². The zero-order valence-electron chi connectivity index (χ0n) is 13.2. The van der Waals surface area contributed by atoms with Crippen molar-refractivity contribution in [1.29, 1.82) is 0 Å². The molecule has 0 bridgehead atoms. The van der Waals surface area contributed by atoms with Gasteiger partial charge in [0.1, 0.15) is 0 Å². The molecule has 0 aliphatic carbocycles. The van der Waals surface area contributed by atoms with Gasteiger partial charge in [0.05, 0.1) is 6.04 Å². The zero-order valence-corrected chi connectivity index (χ0v) is 13.2. The molecule has 2 rings (SSSR count). The summed E-state index contributed by atoms with van der Waals surface area (Å²) in [5, 5.41) is 3.58. The lowest BCUT2D eigenvalue weighted by Crippen LogP contribution is -2.47. The lowest BCUT2D eigenvalue weighted by atomic mass is 10.1. The van der Waals surface area contributed by atoms with Gasteiger partial charge < -0.3 is 15.1 Å². The minimum atomic E-state index is -0.0178. The number of amides is 1. The van der Waals surface area contributed by atoms with E-state index in [-0.39, 0.29) is 6.04 Å². The fourth-order valence-electron chi connectivity index (χ4n) is 3.50. The van der Waals surface area contributed by atoms with E-state index in [1.54, 1.807) is 0 Å². The Morgan fingerprint density at radius 3 is 2.60 bits per heavy atom. The van der Waals surface area contributed by atoms with Crippen molar-refractivity contribution in [2.45, 2.75) is 64.5 Å². The molecule has 2 atom stereocenters. The molecule has 2 saturated heterocycles. The summed E-state index contributed by atoms with van der Waals surface area (Å²) < 4.78 is 0. The van der Waals surface area contributed by atoms with E-state index in [1.807, 2.05) is 11.8 Å². The number of nitrogens with zero attached hydrogens (tertiary/aromatic N) is 2. The lowest BCUT2D eigenvalue weighted by molar-refractivity contribution is -0.132. The number of carbonyl (C=O) groups is 1. The van der Waals surface area contributed by atoms with Crippen LogP contribution in [0.3, 0.4) is 0 Å². The molecule has 2 heterocycles. The van der Waals surface area contributed by atoms with Crippen molar-refractivity contribution in [3.8, 4) is 0 Å². The Bertz CT molecular complexity index is 302. The fraction of sp³-hybridized carbons (Fsp3) is 0.938. The van der Waals surface area contributed by atoms with Gasteiger partial charge in [-0.15, -0.1) is 0 Å². The smallest absolute Gasteiger partial charge is 0.239 e. The highest BCUT2D eigenvalue weighted by molar-refractivity contribution is 5.81. The van der Waals surface area contributed by atoms with Crippen molar-refractivity contribution in [1.82, 2.24) is 15.1 Å². The van der Waals surface area contributed by atoms with Crippen molar-refractivity contribution in [3.63, 3.8) is 0 Å². The van der Waals surface area contributed by atoms with Crippen LogP contribution < -0.4 is 5.32 Å². The first-order valence-electron chi connectivity index (χ1n) is 8.48. The average molecular weight is 281 g/mol. The molecule has 20 heavy (non-hydrogen) atoms. The molecule has 0 spiro atoms. The lowest BCUT2D eigenvalue weighted by Gasteiger charge is -2.25. The van der Waals surface area contributed by atoms with Gasteiger partial charge in [-0.2, -0.15) is 0 Å². The summed E-state index contributed by atoms with van der Waals surface area (Å²) in [6.07, 6.45) is 7.22. The second-order valence-electron chi connectivity index (χ2n) is 6.39. The van der Waals surface area contributed by atoms with Crippen molar-refractivity contribution in [3.05, 3.63) is 0 Å². The van der Waals surface area contributed by atoms with E-state index in [0.29, 0.717) is 11.9 Å². The highest BCUT2D eigenvalue weighted by atomic mass is 16.2. The molecule has 2 aliphatic heterocycles. The first-order valence-corrected chi connectivity index (χ1v) is 8.48. The van der Waals surface area contributed by atoms with Gasteiger partial charge in [-0.1, -0.05) is 6.92 Å². The number of hydrogen-bond donors (Lipinski definition) is 1. The van der Waals surface area contributed by atoms with Gasteiger partial charge in [0.2, 0.25) is 5.91 Å². The van der Waals surface area contributed by atoms with E-state index in [0.717, 1.165) is 13.1 Å². The topological polar surface area (TPSA) is 35.6 Å². The average Bonchev–Trinajstić information content (AvgIpc) is 2.89. The molecule has 2 unspecified atom stereocenters. The third kappa shape index (κ3) is 4.45. The molecule has 1 N–H and O–H groups in total. The maximum absolute atomic E-state index is 12.3. The Balaban J connectivity index is 1.75. The minimum Gasteiger partial charge on any atom is -0.341 e. The maximum Gasteiger partial charge on any atom is 0.239 e. The van der Waals surface area contributed by atoms with Crippen LogP contribution in [0.2, 0.25) is 0 Å². The molecule has 2 fully saturated rings. The van der Waals surface area contributed by atoms with Crippen LogP contribution >= 0.6 is 0 Å². The SMILES string of the molecule is CCCN1CCCC(NC(C)C(=O)N2CCCC2)CC1. The van der Waals surface area contributed by atoms with Crippen molar-refractivity contribution < 1.29 is 4.79 Å². The van der Waals surface area contributed by atoms with Gasteiger partial charge >= 0.3 is 0 Å². The second-order valence-corrected chi connectivity index (χ2v) is 6.39. The predicted molar refractivity (Wildman–Crippen MR) is 82.8 cm³/mol. The molecular weight excluding hydrogens is 250 g/mol. The standard InChI is InChI=1S/C16H31N3O/c1-3-9-18-10-6-7-15(8-13-18)17-14(2)16(20)19-11-4-5-12-19/h14-15,17H,3-13H2,1-2H3. The van der Waals surface area contributed by atoms with Crippen LogP contribution in [0.1, 0.15) is 52.4 Å². The minimum absolute atomic E-state index is 0.0178. The van der Waals surface area contributed by atoms with Crippen molar-refractivity contribution >= 4 is 5.91 Å². The van der Waals surface area contributed by atoms with Gasteiger partial charge in [-0.3, -0.25) is 4.79 Å².